The molecule has 0 spiro atoms. The molecule has 16 heavy (non-hydrogen) atoms. The minimum atomic E-state index is 0.0607. The molecule has 1 heterocycles. The first-order valence-electron chi connectivity index (χ1n) is 5.56. The van der Waals surface area contributed by atoms with Gasteiger partial charge in [0, 0.05) is 18.7 Å². The molecule has 1 amide bonds. The molecule has 1 aliphatic heterocycles. The fourth-order valence-electron chi connectivity index (χ4n) is 2.07. The number of benzene rings is 1. The lowest BCUT2D eigenvalue weighted by atomic mass is 9.93. The molecule has 1 aliphatic rings. The second-order valence-corrected chi connectivity index (χ2v) is 5.19. The van der Waals surface area contributed by atoms with Gasteiger partial charge in [-0.1, -0.05) is 13.8 Å². The zero-order chi connectivity index (χ0) is 11.8. The number of carbonyl (C=O) groups excluding carboxylic acids is 1. The summed E-state index contributed by atoms with van der Waals surface area (Å²) in [5.41, 5.74) is 0.877. The molecule has 0 aliphatic carbocycles. The van der Waals surface area contributed by atoms with Crippen molar-refractivity contribution in [3.05, 3.63) is 29.8 Å². The van der Waals surface area contributed by atoms with Crippen LogP contribution in [0.1, 0.15) is 30.6 Å². The maximum atomic E-state index is 12.1. The van der Waals surface area contributed by atoms with E-state index in [9.17, 15) is 4.79 Å². The summed E-state index contributed by atoms with van der Waals surface area (Å²) < 4.78 is 0. The van der Waals surface area contributed by atoms with Crippen molar-refractivity contribution in [2.45, 2.75) is 20.3 Å². The van der Waals surface area contributed by atoms with Crippen LogP contribution in [0.3, 0.4) is 0 Å². The highest BCUT2D eigenvalue weighted by Crippen LogP contribution is 2.29. The van der Waals surface area contributed by atoms with Crippen molar-refractivity contribution < 1.29 is 9.90 Å². The molecule has 0 unspecified atom stereocenters. The molecule has 1 aromatic carbocycles. The van der Waals surface area contributed by atoms with Crippen molar-refractivity contribution in [1.29, 1.82) is 0 Å². The standard InChI is InChI=1S/C13H17NO2/c1-13(2)7-8-14(9-13)12(16)10-3-5-11(15)6-4-10/h3-6,15H,7-9H2,1-2H3. The van der Waals surface area contributed by atoms with Crippen molar-refractivity contribution in [1.82, 2.24) is 4.90 Å². The number of nitrogens with zero attached hydrogens (tertiary/aromatic N) is 1. The third-order valence-electron chi connectivity index (χ3n) is 3.08. The third-order valence-corrected chi connectivity index (χ3v) is 3.08. The lowest BCUT2D eigenvalue weighted by Crippen LogP contribution is -2.30. The highest BCUT2D eigenvalue weighted by molar-refractivity contribution is 5.94. The molecule has 0 aromatic heterocycles. The third kappa shape index (κ3) is 2.18. The number of aromatic hydroxyl groups is 1. The number of hydrogen-bond donors (Lipinski definition) is 1. The van der Waals surface area contributed by atoms with Crippen molar-refractivity contribution in [3.63, 3.8) is 0 Å². The van der Waals surface area contributed by atoms with Gasteiger partial charge in [0.25, 0.3) is 5.91 Å². The van der Waals surface area contributed by atoms with Gasteiger partial charge in [0.15, 0.2) is 0 Å². The van der Waals surface area contributed by atoms with Crippen molar-refractivity contribution in [2.75, 3.05) is 13.1 Å². The van der Waals surface area contributed by atoms with E-state index in [0.29, 0.717) is 5.56 Å². The number of rotatable bonds is 1. The van der Waals surface area contributed by atoms with Crippen LogP contribution in [0.15, 0.2) is 24.3 Å². The van der Waals surface area contributed by atoms with E-state index in [2.05, 4.69) is 13.8 Å². The van der Waals surface area contributed by atoms with E-state index < -0.39 is 0 Å². The lowest BCUT2D eigenvalue weighted by molar-refractivity contribution is 0.0778. The van der Waals surface area contributed by atoms with Crippen LogP contribution in [0.5, 0.6) is 5.75 Å². The van der Waals surface area contributed by atoms with Crippen molar-refractivity contribution >= 4 is 5.91 Å². The van der Waals surface area contributed by atoms with E-state index in [0.717, 1.165) is 19.5 Å². The average Bonchev–Trinajstić information content (AvgIpc) is 2.59. The van der Waals surface area contributed by atoms with Gasteiger partial charge in [0.2, 0.25) is 0 Å². The zero-order valence-electron chi connectivity index (χ0n) is 9.73. The Morgan fingerprint density at radius 3 is 2.44 bits per heavy atom. The van der Waals surface area contributed by atoms with Crippen LogP contribution in [0, 0.1) is 5.41 Å². The van der Waals surface area contributed by atoms with Crippen LogP contribution in [0.2, 0.25) is 0 Å². The fourth-order valence-corrected chi connectivity index (χ4v) is 2.07. The van der Waals surface area contributed by atoms with Gasteiger partial charge in [-0.05, 0) is 36.1 Å². The van der Waals surface area contributed by atoms with Crippen LogP contribution in [0.25, 0.3) is 0 Å². The van der Waals surface area contributed by atoms with Gasteiger partial charge in [-0.3, -0.25) is 4.79 Å². The molecule has 3 nitrogen and oxygen atoms in total. The molecule has 0 saturated carbocycles. The quantitative estimate of drug-likeness (QED) is 0.787. The van der Waals surface area contributed by atoms with Crippen molar-refractivity contribution in [2.24, 2.45) is 5.41 Å². The van der Waals surface area contributed by atoms with Crippen molar-refractivity contribution in [3.8, 4) is 5.75 Å². The highest BCUT2D eigenvalue weighted by atomic mass is 16.3. The minimum absolute atomic E-state index is 0.0607. The van der Waals surface area contributed by atoms with Gasteiger partial charge in [0.05, 0.1) is 0 Å². The van der Waals surface area contributed by atoms with Crippen LogP contribution in [-0.2, 0) is 0 Å². The fraction of sp³-hybridized carbons (Fsp3) is 0.462. The molecule has 0 radical (unpaired) electrons. The Bertz CT molecular complexity index is 395. The Morgan fingerprint density at radius 1 is 1.31 bits per heavy atom. The average molecular weight is 219 g/mol. The summed E-state index contributed by atoms with van der Waals surface area (Å²) in [6, 6.07) is 6.44. The van der Waals surface area contributed by atoms with Crippen LogP contribution in [0.4, 0.5) is 0 Å². The predicted molar refractivity (Wildman–Crippen MR) is 62.4 cm³/mol. The molecule has 2 rings (SSSR count). The number of amides is 1. The first-order valence-corrected chi connectivity index (χ1v) is 5.56. The van der Waals surface area contributed by atoms with E-state index in [-0.39, 0.29) is 17.1 Å². The van der Waals surface area contributed by atoms with Gasteiger partial charge in [-0.2, -0.15) is 0 Å². The van der Waals surface area contributed by atoms with Gasteiger partial charge in [0.1, 0.15) is 5.75 Å². The molecule has 0 atom stereocenters. The summed E-state index contributed by atoms with van der Waals surface area (Å²) in [6.45, 7) is 5.99. The van der Waals surface area contributed by atoms with E-state index >= 15 is 0 Å². The molecule has 1 fully saturated rings. The summed E-state index contributed by atoms with van der Waals surface area (Å²) in [5, 5.41) is 9.16. The molecule has 1 saturated heterocycles. The topological polar surface area (TPSA) is 40.5 Å². The Kier molecular flexibility index (Phi) is 2.62. The van der Waals surface area contributed by atoms with Gasteiger partial charge in [-0.15, -0.1) is 0 Å². The number of phenols is 1. The normalized spacial score (nSPS) is 18.8. The van der Waals surface area contributed by atoms with Crippen LogP contribution in [-0.4, -0.2) is 29.0 Å². The maximum absolute atomic E-state index is 12.1. The number of likely N-dealkylation sites (tertiary alicyclic amines) is 1. The molecule has 1 N–H and O–H groups in total. The maximum Gasteiger partial charge on any atom is 0.253 e. The summed E-state index contributed by atoms with van der Waals surface area (Å²) in [7, 11) is 0. The monoisotopic (exact) mass is 219 g/mol. The molecule has 1 aromatic rings. The summed E-state index contributed by atoms with van der Waals surface area (Å²) in [5.74, 6) is 0.254. The number of carbonyl (C=O) groups is 1. The Hall–Kier alpha value is -1.51. The molecular formula is C13H17NO2. The van der Waals surface area contributed by atoms with E-state index in [1.54, 1.807) is 24.3 Å². The van der Waals surface area contributed by atoms with E-state index in [1.165, 1.54) is 0 Å². The van der Waals surface area contributed by atoms with E-state index in [1.807, 2.05) is 4.90 Å². The smallest absolute Gasteiger partial charge is 0.253 e. The SMILES string of the molecule is CC1(C)CCN(C(=O)c2ccc(O)cc2)C1. The Balaban J connectivity index is 2.12. The zero-order valence-corrected chi connectivity index (χ0v) is 9.73. The molecule has 3 heteroatoms. The Labute approximate surface area is 95.7 Å². The molecule has 0 bridgehead atoms. The molecule has 86 valence electrons. The van der Waals surface area contributed by atoms with Gasteiger partial charge < -0.3 is 10.0 Å². The Morgan fingerprint density at radius 2 is 1.94 bits per heavy atom. The summed E-state index contributed by atoms with van der Waals surface area (Å²) in [6.07, 6.45) is 1.05. The number of hydrogen-bond acceptors (Lipinski definition) is 2. The van der Waals surface area contributed by atoms with Crippen LogP contribution < -0.4 is 0 Å². The summed E-state index contributed by atoms with van der Waals surface area (Å²) in [4.78, 5) is 14.0. The second kappa shape index (κ2) is 3.81. The molecular weight excluding hydrogens is 202 g/mol. The largest absolute Gasteiger partial charge is 0.508 e. The lowest BCUT2D eigenvalue weighted by Gasteiger charge is -2.19. The van der Waals surface area contributed by atoms with Gasteiger partial charge >= 0.3 is 0 Å². The highest BCUT2D eigenvalue weighted by Gasteiger charge is 2.32. The van der Waals surface area contributed by atoms with E-state index in [4.69, 9.17) is 5.11 Å². The number of phenolic OH excluding ortho intramolecular Hbond substituents is 1. The predicted octanol–water partition coefficient (Wildman–Crippen LogP) is 2.26. The second-order valence-electron chi connectivity index (χ2n) is 5.19. The first kappa shape index (κ1) is 11.0. The minimum Gasteiger partial charge on any atom is -0.508 e. The van der Waals surface area contributed by atoms with Gasteiger partial charge in [-0.25, -0.2) is 0 Å². The first-order chi connectivity index (χ1) is 7.48. The van der Waals surface area contributed by atoms with Crippen LogP contribution >= 0.6 is 0 Å². The summed E-state index contributed by atoms with van der Waals surface area (Å²) >= 11 is 0.